The summed E-state index contributed by atoms with van der Waals surface area (Å²) in [4.78, 5) is 26.4. The van der Waals surface area contributed by atoms with E-state index in [2.05, 4.69) is 19.9 Å². The summed E-state index contributed by atoms with van der Waals surface area (Å²) in [6, 6.07) is 7.36. The molecular formula is C24H29NO4. The Bertz CT molecular complexity index is 900. The van der Waals surface area contributed by atoms with Gasteiger partial charge in [0.05, 0.1) is 24.5 Å². The van der Waals surface area contributed by atoms with Gasteiger partial charge in [0.1, 0.15) is 5.75 Å². The number of hydrogen-bond acceptors (Lipinski definition) is 4. The van der Waals surface area contributed by atoms with Gasteiger partial charge in [0.2, 0.25) is 11.8 Å². The third kappa shape index (κ3) is 3.42. The van der Waals surface area contributed by atoms with Gasteiger partial charge >= 0.3 is 0 Å². The van der Waals surface area contributed by atoms with Crippen LogP contribution in [0.15, 0.2) is 41.0 Å². The quantitative estimate of drug-likeness (QED) is 0.606. The summed E-state index contributed by atoms with van der Waals surface area (Å²) < 4.78 is 6.15. The highest BCUT2D eigenvalue weighted by Gasteiger charge is 2.55. The molecular weight excluding hydrogens is 366 g/mol. The molecule has 154 valence electrons. The third-order valence-electron chi connectivity index (χ3n) is 6.85. The lowest BCUT2D eigenvalue weighted by molar-refractivity contribution is -0.138. The average Bonchev–Trinajstić information content (AvgIpc) is 3.23. The van der Waals surface area contributed by atoms with Crippen LogP contribution in [0.3, 0.4) is 0 Å². The van der Waals surface area contributed by atoms with Crippen LogP contribution in [0.1, 0.15) is 45.1 Å². The Morgan fingerprint density at radius 1 is 1.24 bits per heavy atom. The van der Waals surface area contributed by atoms with Gasteiger partial charge in [-0.15, -0.1) is 0 Å². The van der Waals surface area contributed by atoms with Crippen molar-refractivity contribution in [2.45, 2.75) is 45.6 Å². The fourth-order valence-electron chi connectivity index (χ4n) is 5.28. The topological polar surface area (TPSA) is 66.8 Å². The van der Waals surface area contributed by atoms with E-state index >= 15 is 0 Å². The highest BCUT2D eigenvalue weighted by atomic mass is 16.5. The van der Waals surface area contributed by atoms with Crippen molar-refractivity contribution in [1.29, 1.82) is 0 Å². The second-order valence-corrected chi connectivity index (χ2v) is 8.49. The monoisotopic (exact) mass is 395 g/mol. The molecule has 4 rings (SSSR count). The molecule has 2 fully saturated rings. The van der Waals surface area contributed by atoms with E-state index < -0.39 is 0 Å². The third-order valence-corrected chi connectivity index (χ3v) is 6.85. The van der Waals surface area contributed by atoms with Crippen molar-refractivity contribution < 1.29 is 19.4 Å². The van der Waals surface area contributed by atoms with Crippen LogP contribution in [0.2, 0.25) is 0 Å². The summed E-state index contributed by atoms with van der Waals surface area (Å²) in [5.74, 6) is -0.225. The average molecular weight is 395 g/mol. The molecule has 0 radical (unpaired) electrons. The number of fused-ring (bicyclic) bond motifs is 3. The lowest BCUT2D eigenvalue weighted by Crippen LogP contribution is -2.33. The second kappa shape index (κ2) is 7.79. The molecule has 0 saturated carbocycles. The largest absolute Gasteiger partial charge is 0.507 e. The van der Waals surface area contributed by atoms with E-state index in [-0.39, 0.29) is 35.7 Å². The first kappa shape index (κ1) is 19.9. The Morgan fingerprint density at radius 2 is 2.00 bits per heavy atom. The zero-order valence-corrected chi connectivity index (χ0v) is 17.4. The molecule has 0 bridgehead atoms. The first-order chi connectivity index (χ1) is 13.9. The minimum atomic E-state index is -0.251. The van der Waals surface area contributed by atoms with E-state index in [1.54, 1.807) is 13.1 Å². The SMILES string of the molecule is CC/C(=C\c1ccccc1O)CC[C@H]1OC[C@H]2C1=C(C)C[C@H]1C(=O)N(C)C(=O)[C@H]12. The van der Waals surface area contributed by atoms with Gasteiger partial charge in [-0.2, -0.15) is 0 Å². The molecule has 0 aromatic heterocycles. The van der Waals surface area contributed by atoms with Crippen molar-refractivity contribution in [2.24, 2.45) is 17.8 Å². The highest BCUT2D eigenvalue weighted by molar-refractivity contribution is 6.05. The predicted molar refractivity (Wildman–Crippen MR) is 111 cm³/mol. The summed E-state index contributed by atoms with van der Waals surface area (Å²) in [7, 11) is 1.60. The Kier molecular flexibility index (Phi) is 5.34. The predicted octanol–water partition coefficient (Wildman–Crippen LogP) is 3.93. The van der Waals surface area contributed by atoms with Gasteiger partial charge in [-0.25, -0.2) is 0 Å². The summed E-state index contributed by atoms with van der Waals surface area (Å²) in [6.45, 7) is 4.74. The molecule has 1 aliphatic carbocycles. The standard InChI is InChI=1S/C24H29NO4/c1-4-15(12-16-7-5-6-8-19(16)26)9-10-20-21-14(2)11-17-22(18(21)13-29-20)24(28)25(3)23(17)27/h5-8,12,17-18,20,22,26H,4,9-11,13H2,1-3H3/b15-12+/t17-,18+,20-,22-/m1/s1. The maximum atomic E-state index is 12.6. The summed E-state index contributed by atoms with van der Waals surface area (Å²) >= 11 is 0. The number of phenolic OH excluding ortho intramolecular Hbond substituents is 1. The second-order valence-electron chi connectivity index (χ2n) is 8.49. The number of nitrogens with zero attached hydrogens (tertiary/aromatic N) is 1. The molecule has 5 heteroatoms. The number of rotatable bonds is 5. The van der Waals surface area contributed by atoms with E-state index in [0.29, 0.717) is 18.8 Å². The lowest BCUT2D eigenvalue weighted by atomic mass is 9.70. The Morgan fingerprint density at radius 3 is 2.72 bits per heavy atom. The van der Waals surface area contributed by atoms with Crippen molar-refractivity contribution in [3.8, 4) is 5.75 Å². The fourth-order valence-corrected chi connectivity index (χ4v) is 5.28. The van der Waals surface area contributed by atoms with Crippen molar-refractivity contribution >= 4 is 17.9 Å². The summed E-state index contributed by atoms with van der Waals surface area (Å²) in [5.41, 5.74) is 4.57. The molecule has 4 atom stereocenters. The van der Waals surface area contributed by atoms with Crippen LogP contribution >= 0.6 is 0 Å². The minimum absolute atomic E-state index is 0.00841. The molecule has 29 heavy (non-hydrogen) atoms. The van der Waals surface area contributed by atoms with Crippen LogP contribution < -0.4 is 0 Å². The molecule has 2 aliphatic heterocycles. The van der Waals surface area contributed by atoms with Gasteiger partial charge in [-0.05, 0) is 44.2 Å². The van der Waals surface area contributed by atoms with E-state index in [9.17, 15) is 14.7 Å². The Hall–Kier alpha value is -2.40. The van der Waals surface area contributed by atoms with Gasteiger partial charge in [-0.3, -0.25) is 14.5 Å². The number of imide groups is 1. The van der Waals surface area contributed by atoms with Crippen LogP contribution in [0.4, 0.5) is 0 Å². The Balaban J connectivity index is 1.51. The van der Waals surface area contributed by atoms with E-state index in [0.717, 1.165) is 24.8 Å². The molecule has 2 saturated heterocycles. The molecule has 0 spiro atoms. The van der Waals surface area contributed by atoms with Gasteiger partial charge < -0.3 is 9.84 Å². The first-order valence-corrected chi connectivity index (χ1v) is 10.5. The van der Waals surface area contributed by atoms with Crippen LogP contribution in [0, 0.1) is 17.8 Å². The summed E-state index contributed by atoms with van der Waals surface area (Å²) in [5, 5.41) is 10.0. The number of likely N-dealkylation sites (tertiary alicyclic amines) is 1. The van der Waals surface area contributed by atoms with Gasteiger partial charge in [0, 0.05) is 18.5 Å². The maximum Gasteiger partial charge on any atom is 0.233 e. The molecule has 3 aliphatic rings. The van der Waals surface area contributed by atoms with Crippen LogP contribution in [-0.2, 0) is 14.3 Å². The smallest absolute Gasteiger partial charge is 0.233 e. The van der Waals surface area contributed by atoms with Gasteiger partial charge in [0.25, 0.3) is 0 Å². The molecule has 2 amide bonds. The number of ether oxygens (including phenoxy) is 1. The number of aromatic hydroxyl groups is 1. The van der Waals surface area contributed by atoms with Crippen LogP contribution in [0.5, 0.6) is 5.75 Å². The molecule has 0 unspecified atom stereocenters. The van der Waals surface area contributed by atoms with E-state index in [1.165, 1.54) is 21.6 Å². The summed E-state index contributed by atoms with van der Waals surface area (Å²) in [6.07, 6.45) is 5.37. The number of amides is 2. The first-order valence-electron chi connectivity index (χ1n) is 10.5. The number of hydrogen-bond donors (Lipinski definition) is 1. The molecule has 1 aromatic rings. The maximum absolute atomic E-state index is 12.6. The number of para-hydroxylation sites is 1. The number of phenols is 1. The van der Waals surface area contributed by atoms with Crippen molar-refractivity contribution in [1.82, 2.24) is 4.90 Å². The van der Waals surface area contributed by atoms with Crippen molar-refractivity contribution in [3.63, 3.8) is 0 Å². The van der Waals surface area contributed by atoms with Gasteiger partial charge in [-0.1, -0.05) is 42.3 Å². The molecule has 1 aromatic carbocycles. The number of allylic oxidation sites excluding steroid dienone is 2. The van der Waals surface area contributed by atoms with Gasteiger partial charge in [0.15, 0.2) is 0 Å². The van der Waals surface area contributed by atoms with E-state index in [4.69, 9.17) is 4.74 Å². The number of carbonyl (C=O) groups excluding carboxylic acids is 2. The van der Waals surface area contributed by atoms with E-state index in [1.807, 2.05) is 18.2 Å². The van der Waals surface area contributed by atoms with Crippen LogP contribution in [0.25, 0.3) is 6.08 Å². The zero-order chi connectivity index (χ0) is 20.7. The number of carbonyl (C=O) groups is 2. The van der Waals surface area contributed by atoms with Crippen molar-refractivity contribution in [2.75, 3.05) is 13.7 Å². The molecule has 2 heterocycles. The molecule has 5 nitrogen and oxygen atoms in total. The lowest BCUT2D eigenvalue weighted by Gasteiger charge is -2.30. The normalized spacial score (nSPS) is 29.5. The van der Waals surface area contributed by atoms with Crippen molar-refractivity contribution in [3.05, 3.63) is 46.5 Å². The molecule has 1 N–H and O–H groups in total. The van der Waals surface area contributed by atoms with Crippen LogP contribution in [-0.4, -0.2) is 41.6 Å². The Labute approximate surface area is 172 Å². The fraction of sp³-hybridized carbons (Fsp3) is 0.500. The zero-order valence-electron chi connectivity index (χ0n) is 17.4. The number of benzene rings is 1. The highest BCUT2D eigenvalue weighted by Crippen LogP contribution is 2.49. The minimum Gasteiger partial charge on any atom is -0.507 e.